The first-order valence-electron chi connectivity index (χ1n) is 9.71. The molecule has 0 radical (unpaired) electrons. The minimum Gasteiger partial charge on any atom is -0.396 e. The zero-order chi connectivity index (χ0) is 22.2. The number of aliphatic hydroxyl groups is 1. The summed E-state index contributed by atoms with van der Waals surface area (Å²) in [5, 5.41) is 18.5. The third-order valence-corrected chi connectivity index (χ3v) is 4.85. The molecule has 2 heterocycles. The molecule has 0 saturated carbocycles. The highest BCUT2D eigenvalue weighted by molar-refractivity contribution is 6.40. The summed E-state index contributed by atoms with van der Waals surface area (Å²) < 4.78 is 0. The minimum atomic E-state index is -0.418. The predicted molar refractivity (Wildman–Crippen MR) is 124 cm³/mol. The van der Waals surface area contributed by atoms with Gasteiger partial charge in [-0.3, -0.25) is 4.79 Å². The number of pyridine rings is 1. The van der Waals surface area contributed by atoms with Crippen LogP contribution in [0.1, 0.15) is 29.4 Å². The molecule has 0 aliphatic carbocycles. The Morgan fingerprint density at radius 1 is 1.10 bits per heavy atom. The Morgan fingerprint density at radius 2 is 1.87 bits per heavy atom. The molecule has 1 amide bonds. The number of aliphatic hydroxyl groups excluding tert-OH is 1. The number of hydrogen-bond acceptors (Lipinski definition) is 7. The standard InChI is InChI=1S/C21H22Cl2N6O2/c1-2-13-11-18(29-21(27-13)25-8-4-10-30)28-17-12-14(7-9-24-17)26-20(31)19-15(22)5-3-6-16(19)23/h3,5-7,9,11-12,30H,2,4,8,10H2,1H3,(H3,24,25,26,27,28,29,31). The second-order valence-corrected chi connectivity index (χ2v) is 7.35. The predicted octanol–water partition coefficient (Wildman–Crippen LogP) is 4.53. The number of rotatable bonds is 9. The zero-order valence-corrected chi connectivity index (χ0v) is 18.3. The van der Waals surface area contributed by atoms with E-state index in [9.17, 15) is 4.79 Å². The van der Waals surface area contributed by atoms with Crippen LogP contribution in [-0.2, 0) is 6.42 Å². The van der Waals surface area contributed by atoms with Crippen LogP contribution in [0.5, 0.6) is 0 Å². The molecule has 0 aliphatic heterocycles. The molecule has 1 aromatic carbocycles. The van der Waals surface area contributed by atoms with Crippen LogP contribution in [-0.4, -0.2) is 39.1 Å². The lowest BCUT2D eigenvalue weighted by atomic mass is 10.2. The molecule has 3 aromatic rings. The molecule has 0 atom stereocenters. The molecule has 0 fully saturated rings. The SMILES string of the molecule is CCc1cc(Nc2cc(NC(=O)c3c(Cl)cccc3Cl)ccn2)nc(NCCCO)n1. The lowest BCUT2D eigenvalue weighted by Crippen LogP contribution is -2.13. The van der Waals surface area contributed by atoms with Gasteiger partial charge in [-0.1, -0.05) is 36.2 Å². The molecule has 0 bridgehead atoms. The fourth-order valence-corrected chi connectivity index (χ4v) is 3.29. The Hall–Kier alpha value is -2.94. The number of carbonyl (C=O) groups excluding carboxylic acids is 1. The highest BCUT2D eigenvalue weighted by Gasteiger charge is 2.15. The zero-order valence-electron chi connectivity index (χ0n) is 16.8. The van der Waals surface area contributed by atoms with E-state index in [1.807, 2.05) is 13.0 Å². The van der Waals surface area contributed by atoms with E-state index in [-0.39, 0.29) is 22.2 Å². The number of amides is 1. The second-order valence-electron chi connectivity index (χ2n) is 6.53. The molecule has 10 heteroatoms. The summed E-state index contributed by atoms with van der Waals surface area (Å²) >= 11 is 12.2. The first-order valence-corrected chi connectivity index (χ1v) is 10.5. The Labute approximate surface area is 190 Å². The Kier molecular flexibility index (Phi) is 8.00. The number of carbonyl (C=O) groups is 1. The van der Waals surface area contributed by atoms with Crippen molar-refractivity contribution in [3.05, 3.63) is 63.9 Å². The van der Waals surface area contributed by atoms with Gasteiger partial charge >= 0.3 is 0 Å². The molecule has 4 N–H and O–H groups in total. The van der Waals surface area contributed by atoms with E-state index in [2.05, 4.69) is 30.9 Å². The minimum absolute atomic E-state index is 0.0907. The van der Waals surface area contributed by atoms with Crippen molar-refractivity contribution in [2.75, 3.05) is 29.1 Å². The van der Waals surface area contributed by atoms with Crippen LogP contribution >= 0.6 is 23.2 Å². The number of nitrogens with zero attached hydrogens (tertiary/aromatic N) is 3. The van der Waals surface area contributed by atoms with Gasteiger partial charge < -0.3 is 21.1 Å². The Bertz CT molecular complexity index is 1040. The van der Waals surface area contributed by atoms with E-state index in [4.69, 9.17) is 28.3 Å². The molecule has 0 spiro atoms. The van der Waals surface area contributed by atoms with E-state index >= 15 is 0 Å². The van der Waals surface area contributed by atoms with Gasteiger partial charge in [0, 0.05) is 42.9 Å². The van der Waals surface area contributed by atoms with E-state index in [0.29, 0.717) is 36.2 Å². The average molecular weight is 461 g/mol. The molecule has 0 aliphatic rings. The second kappa shape index (κ2) is 10.9. The van der Waals surface area contributed by atoms with Crippen LogP contribution in [0.15, 0.2) is 42.6 Å². The highest BCUT2D eigenvalue weighted by atomic mass is 35.5. The van der Waals surface area contributed by atoms with Crippen LogP contribution in [0, 0.1) is 0 Å². The number of aryl methyl sites for hydroxylation is 1. The fraction of sp³-hybridized carbons (Fsp3) is 0.238. The van der Waals surface area contributed by atoms with Gasteiger partial charge in [-0.15, -0.1) is 0 Å². The lowest BCUT2D eigenvalue weighted by molar-refractivity contribution is 0.102. The number of halogens is 2. The molecule has 2 aromatic heterocycles. The molecular weight excluding hydrogens is 439 g/mol. The highest BCUT2D eigenvalue weighted by Crippen LogP contribution is 2.26. The summed E-state index contributed by atoms with van der Waals surface area (Å²) in [5.74, 6) is 1.10. The van der Waals surface area contributed by atoms with Crippen LogP contribution in [0.3, 0.4) is 0 Å². The van der Waals surface area contributed by atoms with E-state index in [1.165, 1.54) is 0 Å². The maximum Gasteiger partial charge on any atom is 0.258 e. The van der Waals surface area contributed by atoms with Gasteiger partial charge in [0.1, 0.15) is 11.6 Å². The number of nitrogens with one attached hydrogen (secondary N) is 3. The van der Waals surface area contributed by atoms with Gasteiger partial charge in [0.15, 0.2) is 0 Å². The van der Waals surface area contributed by atoms with Gasteiger partial charge in [0.25, 0.3) is 5.91 Å². The molecular formula is C21H22Cl2N6O2. The number of benzene rings is 1. The molecule has 162 valence electrons. The first-order chi connectivity index (χ1) is 15.0. The normalized spacial score (nSPS) is 10.6. The quantitative estimate of drug-likeness (QED) is 0.347. The number of hydrogen-bond donors (Lipinski definition) is 4. The van der Waals surface area contributed by atoms with Crippen molar-refractivity contribution in [2.24, 2.45) is 0 Å². The van der Waals surface area contributed by atoms with Crippen molar-refractivity contribution >= 4 is 52.4 Å². The molecule has 8 nitrogen and oxygen atoms in total. The lowest BCUT2D eigenvalue weighted by Gasteiger charge is -2.12. The van der Waals surface area contributed by atoms with Gasteiger partial charge in [-0.25, -0.2) is 9.97 Å². The Balaban J connectivity index is 1.76. The molecule has 31 heavy (non-hydrogen) atoms. The fourth-order valence-electron chi connectivity index (χ4n) is 2.72. The summed E-state index contributed by atoms with van der Waals surface area (Å²) in [5.41, 5.74) is 1.57. The van der Waals surface area contributed by atoms with Crippen molar-refractivity contribution in [3.8, 4) is 0 Å². The largest absolute Gasteiger partial charge is 0.396 e. The van der Waals surface area contributed by atoms with Crippen molar-refractivity contribution in [1.29, 1.82) is 0 Å². The van der Waals surface area contributed by atoms with Crippen molar-refractivity contribution < 1.29 is 9.90 Å². The number of aromatic nitrogens is 3. The van der Waals surface area contributed by atoms with Crippen molar-refractivity contribution in [3.63, 3.8) is 0 Å². The average Bonchev–Trinajstić information content (AvgIpc) is 2.74. The molecule has 0 unspecified atom stereocenters. The van der Waals surface area contributed by atoms with Crippen molar-refractivity contribution in [1.82, 2.24) is 15.0 Å². The maximum absolute atomic E-state index is 12.6. The van der Waals surface area contributed by atoms with E-state index in [1.54, 1.807) is 36.5 Å². The summed E-state index contributed by atoms with van der Waals surface area (Å²) in [6.45, 7) is 2.65. The summed E-state index contributed by atoms with van der Waals surface area (Å²) in [4.78, 5) is 25.8. The summed E-state index contributed by atoms with van der Waals surface area (Å²) in [7, 11) is 0. The molecule has 0 saturated heterocycles. The van der Waals surface area contributed by atoms with E-state index in [0.717, 1.165) is 12.1 Å². The third-order valence-electron chi connectivity index (χ3n) is 4.22. The summed E-state index contributed by atoms with van der Waals surface area (Å²) in [6, 6.07) is 10.0. The number of anilines is 4. The van der Waals surface area contributed by atoms with Crippen molar-refractivity contribution in [2.45, 2.75) is 19.8 Å². The smallest absolute Gasteiger partial charge is 0.258 e. The monoisotopic (exact) mass is 460 g/mol. The third kappa shape index (κ3) is 6.27. The first kappa shape index (κ1) is 22.7. The van der Waals surface area contributed by atoms with Gasteiger partial charge in [-0.2, -0.15) is 4.98 Å². The van der Waals surface area contributed by atoms with Crippen LogP contribution < -0.4 is 16.0 Å². The van der Waals surface area contributed by atoms with Crippen LogP contribution in [0.2, 0.25) is 10.0 Å². The molecule has 3 rings (SSSR count). The van der Waals surface area contributed by atoms with Crippen LogP contribution in [0.25, 0.3) is 0 Å². The van der Waals surface area contributed by atoms with Gasteiger partial charge in [0.05, 0.1) is 15.6 Å². The van der Waals surface area contributed by atoms with Gasteiger partial charge in [-0.05, 0) is 31.0 Å². The topological polar surface area (TPSA) is 112 Å². The van der Waals surface area contributed by atoms with Gasteiger partial charge in [0.2, 0.25) is 5.95 Å². The summed E-state index contributed by atoms with van der Waals surface area (Å²) in [6.07, 6.45) is 2.89. The maximum atomic E-state index is 12.6. The van der Waals surface area contributed by atoms with Crippen LogP contribution in [0.4, 0.5) is 23.3 Å². The Morgan fingerprint density at radius 3 is 2.58 bits per heavy atom. The van der Waals surface area contributed by atoms with E-state index < -0.39 is 5.91 Å².